The first kappa shape index (κ1) is 27.8. The average molecular weight is 507 g/mol. The molecule has 8 heteroatoms. The summed E-state index contributed by atoms with van der Waals surface area (Å²) in [6.07, 6.45) is 0.686. The van der Waals surface area contributed by atoms with Gasteiger partial charge in [0, 0.05) is 18.0 Å². The Labute approximate surface area is 219 Å². The fourth-order valence-electron chi connectivity index (χ4n) is 4.08. The van der Waals surface area contributed by atoms with Gasteiger partial charge in [-0.25, -0.2) is 4.68 Å². The Morgan fingerprint density at radius 2 is 1.65 bits per heavy atom. The van der Waals surface area contributed by atoms with Crippen LogP contribution in [0.3, 0.4) is 0 Å². The van der Waals surface area contributed by atoms with E-state index >= 15 is 0 Å². The van der Waals surface area contributed by atoms with Gasteiger partial charge >= 0.3 is 0 Å². The Bertz CT molecular complexity index is 1250. The Hall–Kier alpha value is -3.81. The van der Waals surface area contributed by atoms with Gasteiger partial charge in [-0.1, -0.05) is 45.9 Å². The molecule has 2 aromatic carbocycles. The fourth-order valence-corrected chi connectivity index (χ4v) is 4.08. The molecule has 0 aliphatic rings. The molecule has 198 valence electrons. The van der Waals surface area contributed by atoms with Gasteiger partial charge in [-0.05, 0) is 49.6 Å². The minimum atomic E-state index is -0.329. The largest absolute Gasteiger partial charge is 0.496 e. The number of methoxy groups -OCH3 is 2. The molecular weight excluding hydrogens is 468 g/mol. The van der Waals surface area contributed by atoms with Crippen molar-refractivity contribution in [3.05, 3.63) is 64.8 Å². The summed E-state index contributed by atoms with van der Waals surface area (Å²) in [5.74, 6) is 0.706. The van der Waals surface area contributed by atoms with Crippen LogP contribution in [0.15, 0.2) is 42.5 Å². The monoisotopic (exact) mass is 506 g/mol. The molecule has 0 spiro atoms. The highest BCUT2D eigenvalue weighted by atomic mass is 16.5. The van der Waals surface area contributed by atoms with Crippen molar-refractivity contribution in [1.29, 1.82) is 0 Å². The lowest BCUT2D eigenvalue weighted by atomic mass is 9.92. The van der Waals surface area contributed by atoms with Gasteiger partial charge in [0.05, 0.1) is 25.6 Å². The zero-order chi connectivity index (χ0) is 27.3. The number of hydrogen-bond donors (Lipinski definition) is 1. The lowest BCUT2D eigenvalue weighted by Crippen LogP contribution is -2.39. The first-order chi connectivity index (χ1) is 17.5. The maximum Gasteiger partial charge on any atom is 0.261 e. The number of hydrogen-bond acceptors (Lipinski definition) is 5. The number of ether oxygens (including phenoxy) is 2. The SMILES string of the molecule is CCCN(CC(=O)Nc1cc(C(C)(C)C)nn1-c1cccc(C)c1C)C(=O)c1c(OC)cccc1OC. The van der Waals surface area contributed by atoms with Crippen LogP contribution in [-0.4, -0.2) is 53.8 Å². The molecule has 3 aromatic rings. The van der Waals surface area contributed by atoms with Crippen LogP contribution in [0.2, 0.25) is 0 Å². The van der Waals surface area contributed by atoms with E-state index in [1.54, 1.807) is 22.9 Å². The van der Waals surface area contributed by atoms with Crippen molar-refractivity contribution in [2.75, 3.05) is 32.6 Å². The number of carbonyl (C=O) groups is 2. The van der Waals surface area contributed by atoms with Crippen molar-refractivity contribution in [2.45, 2.75) is 53.4 Å². The summed E-state index contributed by atoms with van der Waals surface area (Å²) in [5, 5.41) is 7.84. The van der Waals surface area contributed by atoms with Gasteiger partial charge in [0.25, 0.3) is 5.91 Å². The molecule has 0 aliphatic carbocycles. The van der Waals surface area contributed by atoms with Crippen molar-refractivity contribution in [2.24, 2.45) is 0 Å². The summed E-state index contributed by atoms with van der Waals surface area (Å²) < 4.78 is 12.6. The molecule has 37 heavy (non-hydrogen) atoms. The predicted octanol–water partition coefficient (Wildman–Crippen LogP) is 5.29. The van der Waals surface area contributed by atoms with Crippen LogP contribution in [0.25, 0.3) is 5.69 Å². The molecule has 0 unspecified atom stereocenters. The number of amides is 2. The quantitative estimate of drug-likeness (QED) is 0.426. The lowest BCUT2D eigenvalue weighted by Gasteiger charge is -2.23. The summed E-state index contributed by atoms with van der Waals surface area (Å²) in [4.78, 5) is 28.4. The highest BCUT2D eigenvalue weighted by molar-refractivity contribution is 6.02. The number of nitrogens with one attached hydrogen (secondary N) is 1. The molecule has 2 amide bonds. The van der Waals surface area contributed by atoms with E-state index in [-0.39, 0.29) is 23.8 Å². The van der Waals surface area contributed by atoms with Gasteiger partial charge in [0.15, 0.2) is 0 Å². The number of anilines is 1. The van der Waals surface area contributed by atoms with E-state index in [0.29, 0.717) is 35.8 Å². The van der Waals surface area contributed by atoms with Gasteiger partial charge in [0.1, 0.15) is 29.4 Å². The highest BCUT2D eigenvalue weighted by Crippen LogP contribution is 2.30. The summed E-state index contributed by atoms with van der Waals surface area (Å²) in [5.41, 5.74) is 4.03. The van der Waals surface area contributed by atoms with Crippen molar-refractivity contribution in [3.8, 4) is 17.2 Å². The number of nitrogens with zero attached hydrogens (tertiary/aromatic N) is 3. The van der Waals surface area contributed by atoms with Crippen molar-refractivity contribution in [1.82, 2.24) is 14.7 Å². The van der Waals surface area contributed by atoms with Gasteiger partial charge in [0.2, 0.25) is 5.91 Å². The molecular formula is C29H38N4O4. The van der Waals surface area contributed by atoms with E-state index in [0.717, 1.165) is 22.5 Å². The molecule has 0 aliphatic heterocycles. The minimum Gasteiger partial charge on any atom is -0.496 e. The van der Waals surface area contributed by atoms with Gasteiger partial charge in [-0.3, -0.25) is 9.59 Å². The molecule has 1 aromatic heterocycles. The molecule has 0 fully saturated rings. The minimum absolute atomic E-state index is 0.128. The molecule has 1 N–H and O–H groups in total. The van der Waals surface area contributed by atoms with Crippen LogP contribution in [0.1, 0.15) is 61.3 Å². The van der Waals surface area contributed by atoms with E-state index in [9.17, 15) is 9.59 Å². The van der Waals surface area contributed by atoms with Gasteiger partial charge in [-0.2, -0.15) is 5.10 Å². The second-order valence-corrected chi connectivity index (χ2v) is 10.1. The normalized spacial score (nSPS) is 11.2. The second-order valence-electron chi connectivity index (χ2n) is 10.1. The van der Waals surface area contributed by atoms with Crippen LogP contribution in [-0.2, 0) is 10.2 Å². The lowest BCUT2D eigenvalue weighted by molar-refractivity contribution is -0.116. The van der Waals surface area contributed by atoms with Gasteiger partial charge < -0.3 is 19.7 Å². The van der Waals surface area contributed by atoms with Crippen LogP contribution in [0, 0.1) is 13.8 Å². The van der Waals surface area contributed by atoms with Crippen LogP contribution >= 0.6 is 0 Å². The molecule has 3 rings (SSSR count). The molecule has 0 saturated heterocycles. The summed E-state index contributed by atoms with van der Waals surface area (Å²) in [6.45, 7) is 12.6. The highest BCUT2D eigenvalue weighted by Gasteiger charge is 2.27. The number of rotatable bonds is 9. The van der Waals surface area contributed by atoms with E-state index < -0.39 is 0 Å². The number of aryl methyl sites for hydroxylation is 1. The van der Waals surface area contributed by atoms with Crippen molar-refractivity contribution >= 4 is 17.6 Å². The molecule has 0 radical (unpaired) electrons. The third-order valence-electron chi connectivity index (χ3n) is 6.31. The van der Waals surface area contributed by atoms with E-state index in [2.05, 4.69) is 26.1 Å². The Kier molecular flexibility index (Phi) is 8.63. The zero-order valence-electron chi connectivity index (χ0n) is 23.1. The number of benzene rings is 2. The first-order valence-electron chi connectivity index (χ1n) is 12.5. The Balaban J connectivity index is 1.94. The standard InChI is InChI=1S/C29H38N4O4/c1-9-16-32(28(35)27-22(36-7)14-11-15-23(27)37-8)18-26(34)30-25-17-24(29(4,5)6)31-33(25)21-13-10-12-19(2)20(21)3/h10-15,17H,9,16,18H2,1-8H3,(H,30,34). The Morgan fingerprint density at radius 3 is 2.22 bits per heavy atom. The smallest absolute Gasteiger partial charge is 0.261 e. The molecule has 1 heterocycles. The summed E-state index contributed by atoms with van der Waals surface area (Å²) in [7, 11) is 3.01. The second kappa shape index (κ2) is 11.5. The average Bonchev–Trinajstić information content (AvgIpc) is 3.28. The summed E-state index contributed by atoms with van der Waals surface area (Å²) >= 11 is 0. The fraction of sp³-hybridized carbons (Fsp3) is 0.414. The van der Waals surface area contributed by atoms with Crippen LogP contribution in [0.4, 0.5) is 5.82 Å². The Morgan fingerprint density at radius 1 is 1.03 bits per heavy atom. The summed E-state index contributed by atoms with van der Waals surface area (Å²) in [6, 6.07) is 13.1. The maximum atomic E-state index is 13.6. The van der Waals surface area contributed by atoms with E-state index in [1.807, 2.05) is 45.0 Å². The van der Waals surface area contributed by atoms with E-state index in [4.69, 9.17) is 14.6 Å². The third kappa shape index (κ3) is 6.13. The van der Waals surface area contributed by atoms with Crippen molar-refractivity contribution < 1.29 is 19.1 Å². The molecule has 8 nitrogen and oxygen atoms in total. The number of carbonyl (C=O) groups excluding carboxylic acids is 2. The van der Waals surface area contributed by atoms with Gasteiger partial charge in [-0.15, -0.1) is 0 Å². The van der Waals surface area contributed by atoms with Crippen LogP contribution < -0.4 is 14.8 Å². The zero-order valence-corrected chi connectivity index (χ0v) is 23.1. The number of aromatic nitrogens is 2. The topological polar surface area (TPSA) is 85.7 Å². The molecule has 0 bridgehead atoms. The molecule has 0 saturated carbocycles. The van der Waals surface area contributed by atoms with E-state index in [1.165, 1.54) is 19.1 Å². The first-order valence-corrected chi connectivity index (χ1v) is 12.5. The maximum absolute atomic E-state index is 13.6. The third-order valence-corrected chi connectivity index (χ3v) is 6.31. The predicted molar refractivity (Wildman–Crippen MR) is 146 cm³/mol. The van der Waals surface area contributed by atoms with Crippen LogP contribution in [0.5, 0.6) is 11.5 Å². The van der Waals surface area contributed by atoms with Crippen molar-refractivity contribution in [3.63, 3.8) is 0 Å². The molecule has 0 atom stereocenters.